The fourth-order valence-corrected chi connectivity index (χ4v) is 2.75. The predicted octanol–water partition coefficient (Wildman–Crippen LogP) is 3.19. The van der Waals surface area contributed by atoms with E-state index in [1.807, 2.05) is 24.3 Å². The summed E-state index contributed by atoms with van der Waals surface area (Å²) in [6.07, 6.45) is 0. The summed E-state index contributed by atoms with van der Waals surface area (Å²) in [5.41, 5.74) is 2.20. The summed E-state index contributed by atoms with van der Waals surface area (Å²) in [7, 11) is 1.68. The molecule has 4 heteroatoms. The van der Waals surface area contributed by atoms with E-state index in [0.29, 0.717) is 6.61 Å². The highest BCUT2D eigenvalue weighted by Gasteiger charge is 2.26. The monoisotopic (exact) mass is 285 g/mol. The van der Waals surface area contributed by atoms with Crippen LogP contribution < -0.4 is 14.8 Å². The van der Waals surface area contributed by atoms with Crippen molar-refractivity contribution in [3.05, 3.63) is 53.6 Å². The first-order chi connectivity index (χ1) is 10.2. The van der Waals surface area contributed by atoms with Gasteiger partial charge in [0.2, 0.25) is 0 Å². The van der Waals surface area contributed by atoms with E-state index in [2.05, 4.69) is 18.3 Å². The molecule has 0 saturated carbocycles. The maximum atomic E-state index is 9.49. The molecule has 3 rings (SSSR count). The summed E-state index contributed by atoms with van der Waals surface area (Å²) < 4.78 is 11.0. The molecule has 2 atom stereocenters. The van der Waals surface area contributed by atoms with Gasteiger partial charge < -0.3 is 19.9 Å². The highest BCUT2D eigenvalue weighted by molar-refractivity contribution is 5.45. The van der Waals surface area contributed by atoms with Crippen LogP contribution >= 0.6 is 0 Å². The molecule has 1 aliphatic heterocycles. The molecular formula is C17H19NO3. The molecule has 21 heavy (non-hydrogen) atoms. The minimum absolute atomic E-state index is 0.112. The van der Waals surface area contributed by atoms with Crippen molar-refractivity contribution in [1.82, 2.24) is 5.32 Å². The molecule has 1 unspecified atom stereocenters. The fraction of sp³-hybridized carbons (Fsp3) is 0.294. The normalized spacial score (nSPS) is 17.9. The molecule has 0 bridgehead atoms. The van der Waals surface area contributed by atoms with Crippen molar-refractivity contribution in [2.45, 2.75) is 19.0 Å². The molecule has 0 amide bonds. The molecule has 0 radical (unpaired) electrons. The van der Waals surface area contributed by atoms with Gasteiger partial charge in [-0.2, -0.15) is 0 Å². The lowest BCUT2D eigenvalue weighted by Gasteiger charge is -2.21. The minimum atomic E-state index is 0.112. The van der Waals surface area contributed by atoms with Crippen molar-refractivity contribution in [3.8, 4) is 17.2 Å². The second-order valence-corrected chi connectivity index (χ2v) is 5.22. The van der Waals surface area contributed by atoms with Gasteiger partial charge in [0.15, 0.2) is 0 Å². The Morgan fingerprint density at radius 1 is 1.29 bits per heavy atom. The summed E-state index contributed by atoms with van der Waals surface area (Å²) in [4.78, 5) is 0. The van der Waals surface area contributed by atoms with Crippen LogP contribution in [0, 0.1) is 0 Å². The molecule has 4 nitrogen and oxygen atoms in total. The third-order valence-electron chi connectivity index (χ3n) is 3.83. The number of phenolic OH excluding ortho intramolecular Hbond substituents is 1. The van der Waals surface area contributed by atoms with Crippen LogP contribution in [-0.2, 0) is 0 Å². The zero-order chi connectivity index (χ0) is 14.8. The van der Waals surface area contributed by atoms with Gasteiger partial charge in [-0.15, -0.1) is 0 Å². The zero-order valence-electron chi connectivity index (χ0n) is 12.2. The Bertz CT molecular complexity index is 642. The molecule has 1 aliphatic rings. The number of rotatable bonds is 4. The van der Waals surface area contributed by atoms with Gasteiger partial charge in [0, 0.05) is 23.2 Å². The quantitative estimate of drug-likeness (QED) is 0.906. The summed E-state index contributed by atoms with van der Waals surface area (Å²) in [5.74, 6) is 1.86. The van der Waals surface area contributed by atoms with Crippen LogP contribution in [0.2, 0.25) is 0 Å². The second-order valence-electron chi connectivity index (χ2n) is 5.22. The van der Waals surface area contributed by atoms with Gasteiger partial charge in [0.05, 0.1) is 13.2 Å². The molecule has 2 aromatic carbocycles. The largest absolute Gasteiger partial charge is 0.508 e. The standard InChI is InChI=1S/C17H19NO3/c1-11(13-5-3-4-6-16(13)20-2)18-15-10-21-17-9-12(19)7-8-14(15)17/h3-9,11,15,18-19H,10H2,1-2H3/t11-,15?/m0/s1. The maximum absolute atomic E-state index is 9.49. The Kier molecular flexibility index (Phi) is 3.71. The predicted molar refractivity (Wildman–Crippen MR) is 80.9 cm³/mol. The number of aromatic hydroxyl groups is 1. The van der Waals surface area contributed by atoms with Gasteiger partial charge in [0.25, 0.3) is 0 Å². The van der Waals surface area contributed by atoms with Gasteiger partial charge in [-0.1, -0.05) is 18.2 Å². The summed E-state index contributed by atoms with van der Waals surface area (Å²) >= 11 is 0. The number of nitrogens with one attached hydrogen (secondary N) is 1. The molecule has 0 aromatic heterocycles. The first kappa shape index (κ1) is 13.8. The van der Waals surface area contributed by atoms with Crippen molar-refractivity contribution in [3.63, 3.8) is 0 Å². The van der Waals surface area contributed by atoms with Gasteiger partial charge in [-0.25, -0.2) is 0 Å². The van der Waals surface area contributed by atoms with Crippen LogP contribution in [0.25, 0.3) is 0 Å². The molecular weight excluding hydrogens is 266 g/mol. The molecule has 2 aromatic rings. The number of hydrogen-bond acceptors (Lipinski definition) is 4. The first-order valence-corrected chi connectivity index (χ1v) is 7.03. The number of hydrogen-bond donors (Lipinski definition) is 2. The van der Waals surface area contributed by atoms with Crippen molar-refractivity contribution < 1.29 is 14.6 Å². The molecule has 2 N–H and O–H groups in total. The van der Waals surface area contributed by atoms with E-state index in [-0.39, 0.29) is 17.8 Å². The SMILES string of the molecule is COc1ccccc1[C@H](C)NC1COc2cc(O)ccc21. The Morgan fingerprint density at radius 2 is 2.10 bits per heavy atom. The van der Waals surface area contributed by atoms with E-state index >= 15 is 0 Å². The van der Waals surface area contributed by atoms with E-state index in [0.717, 1.165) is 22.6 Å². The highest BCUT2D eigenvalue weighted by atomic mass is 16.5. The van der Waals surface area contributed by atoms with Gasteiger partial charge in [-0.3, -0.25) is 0 Å². The molecule has 0 spiro atoms. The van der Waals surface area contributed by atoms with Crippen molar-refractivity contribution in [2.24, 2.45) is 0 Å². The van der Waals surface area contributed by atoms with E-state index < -0.39 is 0 Å². The smallest absolute Gasteiger partial charge is 0.127 e. The molecule has 110 valence electrons. The lowest BCUT2D eigenvalue weighted by molar-refractivity contribution is 0.298. The number of ether oxygens (including phenoxy) is 2. The first-order valence-electron chi connectivity index (χ1n) is 7.03. The van der Waals surface area contributed by atoms with Crippen molar-refractivity contribution in [2.75, 3.05) is 13.7 Å². The Labute approximate surface area is 124 Å². The number of fused-ring (bicyclic) bond motifs is 1. The number of benzene rings is 2. The van der Waals surface area contributed by atoms with Crippen LogP contribution in [0.4, 0.5) is 0 Å². The van der Waals surface area contributed by atoms with Crippen LogP contribution in [0.1, 0.15) is 30.1 Å². The van der Waals surface area contributed by atoms with E-state index in [4.69, 9.17) is 9.47 Å². The van der Waals surface area contributed by atoms with Crippen molar-refractivity contribution >= 4 is 0 Å². The van der Waals surface area contributed by atoms with Gasteiger partial charge in [0.1, 0.15) is 23.9 Å². The van der Waals surface area contributed by atoms with Gasteiger partial charge >= 0.3 is 0 Å². The topological polar surface area (TPSA) is 50.7 Å². The fourth-order valence-electron chi connectivity index (χ4n) is 2.75. The minimum Gasteiger partial charge on any atom is -0.508 e. The average Bonchev–Trinajstić information content (AvgIpc) is 2.89. The van der Waals surface area contributed by atoms with E-state index in [9.17, 15) is 5.11 Å². The summed E-state index contributed by atoms with van der Waals surface area (Å²) in [6.45, 7) is 2.68. The third kappa shape index (κ3) is 2.67. The number of methoxy groups -OCH3 is 1. The van der Waals surface area contributed by atoms with E-state index in [1.54, 1.807) is 19.2 Å². The van der Waals surface area contributed by atoms with Gasteiger partial charge in [-0.05, 0) is 25.1 Å². The molecule has 0 saturated heterocycles. The van der Waals surface area contributed by atoms with Crippen LogP contribution in [-0.4, -0.2) is 18.8 Å². The van der Waals surface area contributed by atoms with Crippen LogP contribution in [0.3, 0.4) is 0 Å². The maximum Gasteiger partial charge on any atom is 0.127 e. The summed E-state index contributed by atoms with van der Waals surface area (Å²) in [6, 6.07) is 13.5. The lowest BCUT2D eigenvalue weighted by atomic mass is 10.0. The number of phenols is 1. The summed E-state index contributed by atoms with van der Waals surface area (Å²) in [5, 5.41) is 13.1. The van der Waals surface area contributed by atoms with Crippen LogP contribution in [0.5, 0.6) is 17.2 Å². The molecule has 0 fully saturated rings. The second kappa shape index (κ2) is 5.66. The third-order valence-corrected chi connectivity index (χ3v) is 3.83. The Balaban J connectivity index is 1.79. The van der Waals surface area contributed by atoms with Crippen LogP contribution in [0.15, 0.2) is 42.5 Å². The average molecular weight is 285 g/mol. The highest BCUT2D eigenvalue weighted by Crippen LogP contribution is 2.36. The number of para-hydroxylation sites is 1. The van der Waals surface area contributed by atoms with Crippen molar-refractivity contribution in [1.29, 1.82) is 0 Å². The Hall–Kier alpha value is -2.20. The van der Waals surface area contributed by atoms with E-state index in [1.165, 1.54) is 0 Å². The lowest BCUT2D eigenvalue weighted by Crippen LogP contribution is -2.26. The Morgan fingerprint density at radius 3 is 2.90 bits per heavy atom. The molecule has 0 aliphatic carbocycles. The zero-order valence-corrected chi connectivity index (χ0v) is 12.2. The molecule has 1 heterocycles.